The van der Waals surface area contributed by atoms with Gasteiger partial charge in [0.05, 0.1) is 30.4 Å². The van der Waals surface area contributed by atoms with E-state index in [-0.39, 0.29) is 12.5 Å². The van der Waals surface area contributed by atoms with Gasteiger partial charge in [0.2, 0.25) is 0 Å². The first-order valence-electron chi connectivity index (χ1n) is 8.22. The average Bonchev–Trinajstić information content (AvgIpc) is 3.11. The van der Waals surface area contributed by atoms with Gasteiger partial charge in [-0.3, -0.25) is 9.36 Å². The highest BCUT2D eigenvalue weighted by atomic mass is 35.5. The molecule has 0 aliphatic heterocycles. The van der Waals surface area contributed by atoms with Gasteiger partial charge in [-0.25, -0.2) is 4.98 Å². The number of hydrogen-bond acceptors (Lipinski definition) is 5. The summed E-state index contributed by atoms with van der Waals surface area (Å²) in [6.45, 7) is 0.248. The van der Waals surface area contributed by atoms with E-state index in [1.807, 2.05) is 10.6 Å². The number of nitrogens with one attached hydrogen (secondary N) is 1. The number of ether oxygens (including phenoxy) is 3. The normalized spacial score (nSPS) is 11.1. The minimum absolute atomic E-state index is 0.231. The topological polar surface area (TPSA) is 74.6 Å². The van der Waals surface area contributed by atoms with E-state index in [4.69, 9.17) is 25.8 Å². The van der Waals surface area contributed by atoms with Gasteiger partial charge in [-0.2, -0.15) is 0 Å². The molecule has 0 aliphatic carbocycles. The summed E-state index contributed by atoms with van der Waals surface area (Å²) in [5, 5.41) is 3.36. The molecule has 0 spiro atoms. The van der Waals surface area contributed by atoms with Crippen LogP contribution >= 0.6 is 11.6 Å². The number of fused-ring (bicyclic) bond motifs is 1. The van der Waals surface area contributed by atoms with Crippen LogP contribution in [0.2, 0.25) is 5.02 Å². The highest BCUT2D eigenvalue weighted by Crippen LogP contribution is 2.29. The lowest BCUT2D eigenvalue weighted by Gasteiger charge is -2.14. The number of carbonyl (C=O) groups excluding carboxylic acids is 1. The van der Waals surface area contributed by atoms with Gasteiger partial charge in [0.25, 0.3) is 5.91 Å². The van der Waals surface area contributed by atoms with Gasteiger partial charge in [-0.15, -0.1) is 0 Å². The third-order valence-corrected chi connectivity index (χ3v) is 4.40. The summed E-state index contributed by atoms with van der Waals surface area (Å²) in [5.74, 6) is 0.441. The largest absolute Gasteiger partial charge is 0.495 e. The van der Waals surface area contributed by atoms with Crippen LogP contribution in [-0.4, -0.2) is 49.6 Å². The summed E-state index contributed by atoms with van der Waals surface area (Å²) in [6.07, 6.45) is 1.18. The van der Waals surface area contributed by atoms with Crippen LogP contribution in [0.4, 0.5) is 0 Å². The zero-order valence-corrected chi connectivity index (χ0v) is 16.0. The van der Waals surface area contributed by atoms with Gasteiger partial charge in [0.1, 0.15) is 12.1 Å². The Morgan fingerprint density at radius 2 is 1.96 bits per heavy atom. The Morgan fingerprint density at radius 3 is 2.67 bits per heavy atom. The molecular weight excluding hydrogens is 370 g/mol. The molecule has 0 unspecified atom stereocenters. The first kappa shape index (κ1) is 19.2. The van der Waals surface area contributed by atoms with E-state index in [1.165, 1.54) is 14.2 Å². The first-order chi connectivity index (χ1) is 13.1. The predicted octanol–water partition coefficient (Wildman–Crippen LogP) is 3.04. The minimum atomic E-state index is -0.493. The Kier molecular flexibility index (Phi) is 5.95. The van der Waals surface area contributed by atoms with E-state index < -0.39 is 6.29 Å². The van der Waals surface area contributed by atoms with Gasteiger partial charge in [-0.05, 0) is 36.4 Å². The number of benzene rings is 2. The molecule has 1 heterocycles. The van der Waals surface area contributed by atoms with Crippen molar-refractivity contribution >= 4 is 28.5 Å². The zero-order chi connectivity index (χ0) is 19.4. The molecule has 8 heteroatoms. The fourth-order valence-electron chi connectivity index (χ4n) is 2.74. The second-order valence-corrected chi connectivity index (χ2v) is 6.18. The van der Waals surface area contributed by atoms with E-state index in [0.29, 0.717) is 21.9 Å². The predicted molar refractivity (Wildman–Crippen MR) is 103 cm³/mol. The van der Waals surface area contributed by atoms with Crippen LogP contribution < -0.4 is 10.1 Å². The standard InChI is InChI=1S/C19H20ClN3O4/c1-25-17-7-5-13(20)9-16(17)23-11-22-14-8-12(4-6-15(14)23)19(24)21-10-18(26-2)27-3/h4-9,11,18H,10H2,1-3H3,(H,21,24). The van der Waals surface area contributed by atoms with Gasteiger partial charge in [-0.1, -0.05) is 11.6 Å². The molecule has 142 valence electrons. The lowest BCUT2D eigenvalue weighted by atomic mass is 10.2. The van der Waals surface area contributed by atoms with E-state index in [2.05, 4.69) is 10.3 Å². The van der Waals surface area contributed by atoms with Crippen LogP contribution in [0.15, 0.2) is 42.7 Å². The van der Waals surface area contributed by atoms with Crippen molar-refractivity contribution in [3.8, 4) is 11.4 Å². The monoisotopic (exact) mass is 389 g/mol. The van der Waals surface area contributed by atoms with Crippen molar-refractivity contribution in [3.63, 3.8) is 0 Å². The molecule has 1 aromatic heterocycles. The summed E-state index contributed by atoms with van der Waals surface area (Å²) in [6, 6.07) is 10.7. The lowest BCUT2D eigenvalue weighted by Crippen LogP contribution is -2.34. The Hall–Kier alpha value is -2.61. The van der Waals surface area contributed by atoms with E-state index >= 15 is 0 Å². The van der Waals surface area contributed by atoms with Crippen molar-refractivity contribution in [1.29, 1.82) is 0 Å². The van der Waals surface area contributed by atoms with Gasteiger partial charge < -0.3 is 19.5 Å². The number of imidazole rings is 1. The summed E-state index contributed by atoms with van der Waals surface area (Å²) in [4.78, 5) is 16.8. The highest BCUT2D eigenvalue weighted by Gasteiger charge is 2.14. The number of carbonyl (C=O) groups is 1. The summed E-state index contributed by atoms with van der Waals surface area (Å²) < 4.78 is 17.4. The number of halogens is 1. The van der Waals surface area contributed by atoms with Crippen LogP contribution in [0.3, 0.4) is 0 Å². The fraction of sp³-hybridized carbons (Fsp3) is 0.263. The van der Waals surface area contributed by atoms with Crippen molar-refractivity contribution in [3.05, 3.63) is 53.3 Å². The molecule has 0 fully saturated rings. The number of aromatic nitrogens is 2. The number of methoxy groups -OCH3 is 3. The molecule has 1 amide bonds. The third-order valence-electron chi connectivity index (χ3n) is 4.16. The van der Waals surface area contributed by atoms with Crippen LogP contribution in [0.1, 0.15) is 10.4 Å². The second-order valence-electron chi connectivity index (χ2n) is 5.75. The second kappa shape index (κ2) is 8.39. The molecule has 27 heavy (non-hydrogen) atoms. The fourth-order valence-corrected chi connectivity index (χ4v) is 2.90. The smallest absolute Gasteiger partial charge is 0.251 e. The van der Waals surface area contributed by atoms with Crippen molar-refractivity contribution < 1.29 is 19.0 Å². The number of nitrogens with zero attached hydrogens (tertiary/aromatic N) is 2. The molecule has 0 saturated carbocycles. The first-order valence-corrected chi connectivity index (χ1v) is 8.60. The molecule has 0 radical (unpaired) electrons. The molecular formula is C19H20ClN3O4. The Labute approximate surface area is 161 Å². The number of amides is 1. The third kappa shape index (κ3) is 4.05. The molecule has 1 N–H and O–H groups in total. The Balaban J connectivity index is 1.89. The maximum Gasteiger partial charge on any atom is 0.251 e. The molecule has 2 aromatic carbocycles. The van der Waals surface area contributed by atoms with Gasteiger partial charge in [0, 0.05) is 24.8 Å². The SMILES string of the molecule is COc1ccc(Cl)cc1-n1cnc2cc(C(=O)NCC(OC)OC)ccc21. The van der Waals surface area contributed by atoms with Crippen LogP contribution in [0.5, 0.6) is 5.75 Å². The number of rotatable bonds is 7. The molecule has 0 bridgehead atoms. The van der Waals surface area contributed by atoms with E-state index in [9.17, 15) is 4.79 Å². The lowest BCUT2D eigenvalue weighted by molar-refractivity contribution is -0.0974. The molecule has 7 nitrogen and oxygen atoms in total. The highest BCUT2D eigenvalue weighted by molar-refractivity contribution is 6.30. The van der Waals surface area contributed by atoms with Crippen molar-refractivity contribution in [2.45, 2.75) is 6.29 Å². The quantitative estimate of drug-likeness (QED) is 0.629. The zero-order valence-electron chi connectivity index (χ0n) is 15.2. The van der Waals surface area contributed by atoms with Gasteiger partial charge >= 0.3 is 0 Å². The molecule has 0 saturated heterocycles. The van der Waals surface area contributed by atoms with E-state index in [0.717, 1.165) is 11.2 Å². The van der Waals surface area contributed by atoms with Crippen LogP contribution in [0, 0.1) is 0 Å². The van der Waals surface area contributed by atoms with Gasteiger partial charge in [0.15, 0.2) is 6.29 Å². The van der Waals surface area contributed by atoms with E-state index in [1.54, 1.807) is 43.8 Å². The van der Waals surface area contributed by atoms with Crippen LogP contribution in [-0.2, 0) is 9.47 Å². The maximum atomic E-state index is 12.4. The summed E-state index contributed by atoms with van der Waals surface area (Å²) in [5.41, 5.74) is 2.78. The van der Waals surface area contributed by atoms with Crippen molar-refractivity contribution in [1.82, 2.24) is 14.9 Å². The number of hydrogen-bond donors (Lipinski definition) is 1. The molecule has 0 aliphatic rings. The van der Waals surface area contributed by atoms with Crippen LogP contribution in [0.25, 0.3) is 16.7 Å². The molecule has 0 atom stereocenters. The van der Waals surface area contributed by atoms with Crippen molar-refractivity contribution in [2.75, 3.05) is 27.9 Å². The average molecular weight is 390 g/mol. The maximum absolute atomic E-state index is 12.4. The molecule has 3 aromatic rings. The summed E-state index contributed by atoms with van der Waals surface area (Å²) >= 11 is 6.13. The van der Waals surface area contributed by atoms with Crippen molar-refractivity contribution in [2.24, 2.45) is 0 Å². The minimum Gasteiger partial charge on any atom is -0.495 e. The Bertz CT molecular complexity index is 953. The Morgan fingerprint density at radius 1 is 1.19 bits per heavy atom. The summed E-state index contributed by atoms with van der Waals surface area (Å²) in [7, 11) is 4.63. The molecule has 3 rings (SSSR count).